The summed E-state index contributed by atoms with van der Waals surface area (Å²) in [4.78, 5) is 10.5. The number of aryl methyl sites for hydroxylation is 1. The van der Waals surface area contributed by atoms with E-state index in [0.717, 1.165) is 27.8 Å². The summed E-state index contributed by atoms with van der Waals surface area (Å²) in [6, 6.07) is 13.8. The molecule has 0 amide bonds. The molecule has 5 atom stereocenters. The topological polar surface area (TPSA) is 116 Å². The average Bonchev–Trinajstić information content (AvgIpc) is 2.78. The van der Waals surface area contributed by atoms with Crippen LogP contribution in [0.25, 0.3) is 0 Å². The highest BCUT2D eigenvalue weighted by Gasteiger charge is 2.44. The van der Waals surface area contributed by atoms with E-state index in [9.17, 15) is 20.1 Å². The molecular formula is C24H30O7S. The van der Waals surface area contributed by atoms with Gasteiger partial charge in [0.2, 0.25) is 0 Å². The van der Waals surface area contributed by atoms with Gasteiger partial charge in [0.15, 0.2) is 0 Å². The van der Waals surface area contributed by atoms with Crippen molar-refractivity contribution in [2.45, 2.75) is 56.2 Å². The minimum Gasteiger partial charge on any atom is -0.481 e. The van der Waals surface area contributed by atoms with Crippen molar-refractivity contribution in [1.82, 2.24) is 0 Å². The van der Waals surface area contributed by atoms with Gasteiger partial charge in [-0.1, -0.05) is 42.5 Å². The van der Waals surface area contributed by atoms with Gasteiger partial charge in [-0.25, -0.2) is 0 Å². The van der Waals surface area contributed by atoms with Gasteiger partial charge in [0.1, 0.15) is 29.9 Å². The lowest BCUT2D eigenvalue weighted by atomic mass is 9.91. The summed E-state index contributed by atoms with van der Waals surface area (Å²) in [5.74, 6) is -0.876. The second-order valence-electron chi connectivity index (χ2n) is 8.01. The SMILES string of the molecule is CS[C@H]1OC(c2ccc(C)c(Cc3ccc(COCCC(=O)O)cc3)c2)[C@H](O)[C@@H](O)[C@@H]1O. The molecule has 0 radical (unpaired) electrons. The molecule has 2 aromatic rings. The zero-order chi connectivity index (χ0) is 23.3. The molecule has 1 aliphatic heterocycles. The Bertz CT molecular complexity index is 900. The number of carboxylic acids is 1. The van der Waals surface area contributed by atoms with Gasteiger partial charge in [0, 0.05) is 0 Å². The van der Waals surface area contributed by atoms with Crippen molar-refractivity contribution in [2.75, 3.05) is 12.9 Å². The van der Waals surface area contributed by atoms with Crippen LogP contribution < -0.4 is 0 Å². The molecule has 2 aromatic carbocycles. The van der Waals surface area contributed by atoms with Crippen molar-refractivity contribution in [3.05, 3.63) is 70.3 Å². The third-order valence-corrected chi connectivity index (χ3v) is 6.50. The number of rotatable bonds is 9. The Morgan fingerprint density at radius 2 is 1.72 bits per heavy atom. The number of carboxylic acid groups (broad SMARTS) is 1. The van der Waals surface area contributed by atoms with Crippen molar-refractivity contribution >= 4 is 17.7 Å². The van der Waals surface area contributed by atoms with E-state index in [0.29, 0.717) is 13.0 Å². The number of carbonyl (C=O) groups is 1. The fourth-order valence-corrected chi connectivity index (χ4v) is 4.37. The van der Waals surface area contributed by atoms with Gasteiger partial charge in [-0.2, -0.15) is 0 Å². The first-order valence-electron chi connectivity index (χ1n) is 10.5. The third kappa shape index (κ3) is 6.10. The molecule has 7 nitrogen and oxygen atoms in total. The molecule has 8 heteroatoms. The summed E-state index contributed by atoms with van der Waals surface area (Å²) in [5, 5.41) is 39.5. The zero-order valence-corrected chi connectivity index (χ0v) is 19.0. The minimum atomic E-state index is -1.28. The highest BCUT2D eigenvalue weighted by Crippen LogP contribution is 2.36. The van der Waals surface area contributed by atoms with Crippen LogP contribution in [0.1, 0.15) is 40.3 Å². The molecule has 32 heavy (non-hydrogen) atoms. The van der Waals surface area contributed by atoms with Gasteiger partial charge in [0.25, 0.3) is 0 Å². The molecule has 1 fully saturated rings. The molecule has 0 aliphatic carbocycles. The standard InChI is InChI=1S/C24H30O7S/c1-14-3-8-17(23-21(28)20(27)22(29)24(31-23)32-2)12-18(14)11-15-4-6-16(7-5-15)13-30-10-9-19(25)26/h3-8,12,20-24,27-29H,9-11,13H2,1-2H3,(H,25,26)/t20-,21-,22+,23?,24-/m1/s1. The molecule has 174 valence electrons. The predicted molar refractivity (Wildman–Crippen MR) is 121 cm³/mol. The Balaban J connectivity index is 1.69. The lowest BCUT2D eigenvalue weighted by Crippen LogP contribution is -2.52. The van der Waals surface area contributed by atoms with E-state index in [1.54, 1.807) is 6.26 Å². The Morgan fingerprint density at radius 1 is 1.03 bits per heavy atom. The minimum absolute atomic E-state index is 0.0131. The predicted octanol–water partition coefficient (Wildman–Crippen LogP) is 2.42. The average molecular weight is 463 g/mol. The van der Waals surface area contributed by atoms with Crippen molar-refractivity contribution in [3.8, 4) is 0 Å². The van der Waals surface area contributed by atoms with Crippen LogP contribution in [0.2, 0.25) is 0 Å². The number of benzene rings is 2. The number of hydrogen-bond donors (Lipinski definition) is 4. The van der Waals surface area contributed by atoms with E-state index in [1.807, 2.05) is 49.4 Å². The maximum absolute atomic E-state index is 10.5. The van der Waals surface area contributed by atoms with Gasteiger partial charge < -0.3 is 29.9 Å². The van der Waals surface area contributed by atoms with Crippen molar-refractivity contribution < 1.29 is 34.7 Å². The fourth-order valence-electron chi connectivity index (χ4n) is 3.70. The van der Waals surface area contributed by atoms with Crippen LogP contribution in [-0.2, 0) is 27.3 Å². The maximum Gasteiger partial charge on any atom is 0.305 e. The highest BCUT2D eigenvalue weighted by molar-refractivity contribution is 7.99. The number of hydrogen-bond acceptors (Lipinski definition) is 7. The van der Waals surface area contributed by atoms with Gasteiger partial charge in [-0.3, -0.25) is 4.79 Å². The number of thioether (sulfide) groups is 1. The van der Waals surface area contributed by atoms with Gasteiger partial charge in [-0.15, -0.1) is 11.8 Å². The van der Waals surface area contributed by atoms with Gasteiger partial charge >= 0.3 is 5.97 Å². The lowest BCUT2D eigenvalue weighted by Gasteiger charge is -2.40. The lowest BCUT2D eigenvalue weighted by molar-refractivity contribution is -0.200. The van der Waals surface area contributed by atoms with Crippen LogP contribution in [0.5, 0.6) is 0 Å². The van der Waals surface area contributed by atoms with E-state index in [-0.39, 0.29) is 13.0 Å². The molecule has 0 bridgehead atoms. The molecule has 1 unspecified atom stereocenters. The fraction of sp³-hybridized carbons (Fsp3) is 0.458. The summed E-state index contributed by atoms with van der Waals surface area (Å²) >= 11 is 1.30. The first-order valence-corrected chi connectivity index (χ1v) is 11.8. The van der Waals surface area contributed by atoms with Gasteiger partial charge in [-0.05, 0) is 47.4 Å². The number of ether oxygens (including phenoxy) is 2. The van der Waals surface area contributed by atoms with E-state index in [1.165, 1.54) is 11.8 Å². The Kier molecular flexibility index (Phi) is 8.70. The van der Waals surface area contributed by atoms with Crippen molar-refractivity contribution in [2.24, 2.45) is 0 Å². The Labute approximate surface area is 192 Å². The highest BCUT2D eigenvalue weighted by atomic mass is 32.2. The summed E-state index contributed by atoms with van der Waals surface area (Å²) in [5.41, 5.74) is 4.38. The molecule has 1 saturated heterocycles. The zero-order valence-electron chi connectivity index (χ0n) is 18.2. The first kappa shape index (κ1) is 24.7. The monoisotopic (exact) mass is 462 g/mol. The molecular weight excluding hydrogens is 432 g/mol. The normalized spacial score (nSPS) is 25.6. The van der Waals surface area contributed by atoms with E-state index < -0.39 is 35.8 Å². The second kappa shape index (κ2) is 11.3. The van der Waals surface area contributed by atoms with Crippen LogP contribution in [0.15, 0.2) is 42.5 Å². The number of aliphatic hydroxyl groups excluding tert-OH is 3. The van der Waals surface area contributed by atoms with E-state index >= 15 is 0 Å². The first-order chi connectivity index (χ1) is 15.3. The summed E-state index contributed by atoms with van der Waals surface area (Å²) in [6.07, 6.45) is -1.91. The van der Waals surface area contributed by atoms with Crippen LogP contribution in [-0.4, -0.2) is 63.0 Å². The number of aliphatic hydroxyl groups is 3. The third-order valence-electron chi connectivity index (χ3n) is 5.65. The van der Waals surface area contributed by atoms with E-state index in [2.05, 4.69) is 0 Å². The van der Waals surface area contributed by atoms with Crippen LogP contribution in [0.3, 0.4) is 0 Å². The van der Waals surface area contributed by atoms with Gasteiger partial charge in [0.05, 0.1) is 19.6 Å². The Morgan fingerprint density at radius 3 is 2.38 bits per heavy atom. The summed E-state index contributed by atoms with van der Waals surface area (Å²) < 4.78 is 11.3. The summed E-state index contributed by atoms with van der Waals surface area (Å²) in [7, 11) is 0. The second-order valence-corrected chi connectivity index (χ2v) is 8.94. The van der Waals surface area contributed by atoms with Crippen LogP contribution in [0, 0.1) is 6.92 Å². The van der Waals surface area contributed by atoms with Crippen molar-refractivity contribution in [3.63, 3.8) is 0 Å². The molecule has 3 rings (SSSR count). The molecule has 0 saturated carbocycles. The smallest absolute Gasteiger partial charge is 0.305 e. The van der Waals surface area contributed by atoms with Crippen LogP contribution in [0.4, 0.5) is 0 Å². The molecule has 0 spiro atoms. The molecule has 4 N–H and O–H groups in total. The largest absolute Gasteiger partial charge is 0.481 e. The summed E-state index contributed by atoms with van der Waals surface area (Å²) in [6.45, 7) is 2.57. The molecule has 1 heterocycles. The van der Waals surface area contributed by atoms with Crippen LogP contribution >= 0.6 is 11.8 Å². The molecule has 0 aromatic heterocycles. The Hall–Kier alpha value is -1.94. The van der Waals surface area contributed by atoms with E-state index in [4.69, 9.17) is 14.6 Å². The quantitative estimate of drug-likeness (QED) is 0.420. The number of aliphatic carboxylic acids is 1. The molecule has 1 aliphatic rings. The maximum atomic E-state index is 10.5. The van der Waals surface area contributed by atoms with Crippen molar-refractivity contribution in [1.29, 1.82) is 0 Å².